The van der Waals surface area contributed by atoms with E-state index in [1.807, 2.05) is 12.4 Å². The lowest BCUT2D eigenvalue weighted by Gasteiger charge is -2.31. The van der Waals surface area contributed by atoms with Crippen molar-refractivity contribution in [2.45, 2.75) is 46.2 Å². The van der Waals surface area contributed by atoms with Crippen molar-refractivity contribution in [2.24, 2.45) is 0 Å². The Morgan fingerprint density at radius 2 is 1.94 bits per heavy atom. The third kappa shape index (κ3) is 5.15. The third-order valence-corrected chi connectivity index (χ3v) is 3.31. The standard InChI is InChI=1S/C15H27N3/c1-4-7-15(12-16-5-2)18(6-3)13-14-8-10-17-11-9-14/h8-11,15-16H,4-7,12-13H2,1-3H3. The highest BCUT2D eigenvalue weighted by Crippen LogP contribution is 2.11. The van der Waals surface area contributed by atoms with Gasteiger partial charge < -0.3 is 5.32 Å². The van der Waals surface area contributed by atoms with Gasteiger partial charge in [-0.3, -0.25) is 9.88 Å². The van der Waals surface area contributed by atoms with Crippen molar-refractivity contribution in [3.8, 4) is 0 Å². The van der Waals surface area contributed by atoms with E-state index in [1.54, 1.807) is 0 Å². The molecule has 3 nitrogen and oxygen atoms in total. The molecule has 0 fully saturated rings. The molecule has 0 amide bonds. The first-order valence-electron chi connectivity index (χ1n) is 7.15. The molecule has 1 heterocycles. The lowest BCUT2D eigenvalue weighted by atomic mass is 10.1. The van der Waals surface area contributed by atoms with E-state index >= 15 is 0 Å². The summed E-state index contributed by atoms with van der Waals surface area (Å²) >= 11 is 0. The van der Waals surface area contributed by atoms with Crippen molar-refractivity contribution in [2.75, 3.05) is 19.6 Å². The largest absolute Gasteiger partial charge is 0.315 e. The molecule has 0 spiro atoms. The van der Waals surface area contributed by atoms with Crippen LogP contribution < -0.4 is 5.32 Å². The van der Waals surface area contributed by atoms with Crippen LogP contribution in [0.15, 0.2) is 24.5 Å². The lowest BCUT2D eigenvalue weighted by Crippen LogP contribution is -2.41. The number of nitrogens with zero attached hydrogens (tertiary/aromatic N) is 2. The molecule has 0 saturated carbocycles. The molecule has 0 saturated heterocycles. The van der Waals surface area contributed by atoms with E-state index in [0.717, 1.165) is 26.2 Å². The second-order valence-corrected chi connectivity index (χ2v) is 4.67. The number of aromatic nitrogens is 1. The summed E-state index contributed by atoms with van der Waals surface area (Å²) in [4.78, 5) is 6.64. The van der Waals surface area contributed by atoms with E-state index in [0.29, 0.717) is 6.04 Å². The van der Waals surface area contributed by atoms with E-state index in [1.165, 1.54) is 18.4 Å². The molecule has 3 heteroatoms. The second kappa shape index (κ2) is 9.06. The Kier molecular flexibility index (Phi) is 7.62. The normalized spacial score (nSPS) is 12.9. The summed E-state index contributed by atoms with van der Waals surface area (Å²) in [6.45, 7) is 10.9. The number of hydrogen-bond donors (Lipinski definition) is 1. The summed E-state index contributed by atoms with van der Waals surface area (Å²) < 4.78 is 0. The summed E-state index contributed by atoms with van der Waals surface area (Å²) in [5.74, 6) is 0. The molecular formula is C15H27N3. The number of likely N-dealkylation sites (N-methyl/N-ethyl adjacent to an activating group) is 2. The van der Waals surface area contributed by atoms with E-state index < -0.39 is 0 Å². The summed E-state index contributed by atoms with van der Waals surface area (Å²) in [6.07, 6.45) is 6.25. The zero-order valence-electron chi connectivity index (χ0n) is 12.0. The molecular weight excluding hydrogens is 222 g/mol. The highest BCUT2D eigenvalue weighted by Gasteiger charge is 2.15. The summed E-state index contributed by atoms with van der Waals surface area (Å²) in [5, 5.41) is 3.48. The molecule has 1 rings (SSSR count). The van der Waals surface area contributed by atoms with Crippen LogP contribution in [0.4, 0.5) is 0 Å². The van der Waals surface area contributed by atoms with Gasteiger partial charge in [0.1, 0.15) is 0 Å². The van der Waals surface area contributed by atoms with Gasteiger partial charge in [0.05, 0.1) is 0 Å². The van der Waals surface area contributed by atoms with Crippen molar-refractivity contribution in [3.63, 3.8) is 0 Å². The first-order chi connectivity index (χ1) is 8.81. The van der Waals surface area contributed by atoms with Gasteiger partial charge in [-0.05, 0) is 37.2 Å². The van der Waals surface area contributed by atoms with E-state index in [9.17, 15) is 0 Å². The molecule has 0 bridgehead atoms. The molecule has 18 heavy (non-hydrogen) atoms. The molecule has 1 unspecified atom stereocenters. The molecule has 0 aliphatic rings. The average molecular weight is 249 g/mol. The molecule has 1 N–H and O–H groups in total. The molecule has 0 radical (unpaired) electrons. The minimum Gasteiger partial charge on any atom is -0.315 e. The van der Waals surface area contributed by atoms with Crippen molar-refractivity contribution in [1.82, 2.24) is 15.2 Å². The van der Waals surface area contributed by atoms with Crippen LogP contribution in [-0.2, 0) is 6.54 Å². The minimum absolute atomic E-state index is 0.633. The predicted octanol–water partition coefficient (Wildman–Crippen LogP) is 2.68. The van der Waals surface area contributed by atoms with Gasteiger partial charge in [-0.1, -0.05) is 27.2 Å². The van der Waals surface area contributed by atoms with Gasteiger partial charge in [0, 0.05) is 31.5 Å². The maximum atomic E-state index is 4.08. The Bertz CT molecular complexity index is 300. The van der Waals surface area contributed by atoms with Crippen molar-refractivity contribution < 1.29 is 0 Å². The average Bonchev–Trinajstić information content (AvgIpc) is 2.42. The van der Waals surface area contributed by atoms with Crippen LogP contribution in [0, 0.1) is 0 Å². The molecule has 1 aromatic rings. The molecule has 0 aliphatic heterocycles. The minimum atomic E-state index is 0.633. The van der Waals surface area contributed by atoms with Crippen LogP contribution in [-0.4, -0.2) is 35.6 Å². The van der Waals surface area contributed by atoms with Gasteiger partial charge >= 0.3 is 0 Å². The Morgan fingerprint density at radius 1 is 1.22 bits per heavy atom. The molecule has 1 atom stereocenters. The molecule has 0 aromatic carbocycles. The monoisotopic (exact) mass is 249 g/mol. The summed E-state index contributed by atoms with van der Waals surface area (Å²) in [6, 6.07) is 4.85. The van der Waals surface area contributed by atoms with Crippen LogP contribution in [0.2, 0.25) is 0 Å². The molecule has 0 aliphatic carbocycles. The summed E-state index contributed by atoms with van der Waals surface area (Å²) in [7, 11) is 0. The second-order valence-electron chi connectivity index (χ2n) is 4.67. The van der Waals surface area contributed by atoms with Crippen molar-refractivity contribution in [3.05, 3.63) is 30.1 Å². The zero-order chi connectivity index (χ0) is 13.2. The van der Waals surface area contributed by atoms with Crippen LogP contribution in [0.25, 0.3) is 0 Å². The van der Waals surface area contributed by atoms with Crippen LogP contribution >= 0.6 is 0 Å². The summed E-state index contributed by atoms with van der Waals surface area (Å²) in [5.41, 5.74) is 1.35. The first-order valence-corrected chi connectivity index (χ1v) is 7.15. The molecule has 1 aromatic heterocycles. The van der Waals surface area contributed by atoms with Gasteiger partial charge in [0.25, 0.3) is 0 Å². The highest BCUT2D eigenvalue weighted by atomic mass is 15.2. The Hall–Kier alpha value is -0.930. The fourth-order valence-electron chi connectivity index (χ4n) is 2.28. The SMILES string of the molecule is CCCC(CNCC)N(CC)Cc1ccncc1. The van der Waals surface area contributed by atoms with E-state index in [2.05, 4.69) is 48.1 Å². The van der Waals surface area contributed by atoms with Crippen LogP contribution in [0.3, 0.4) is 0 Å². The van der Waals surface area contributed by atoms with E-state index in [-0.39, 0.29) is 0 Å². The fourth-order valence-corrected chi connectivity index (χ4v) is 2.28. The number of rotatable bonds is 9. The van der Waals surface area contributed by atoms with Crippen LogP contribution in [0.5, 0.6) is 0 Å². The Morgan fingerprint density at radius 3 is 2.50 bits per heavy atom. The van der Waals surface area contributed by atoms with Crippen LogP contribution in [0.1, 0.15) is 39.2 Å². The number of nitrogens with one attached hydrogen (secondary N) is 1. The predicted molar refractivity (Wildman–Crippen MR) is 77.6 cm³/mol. The number of pyridine rings is 1. The van der Waals surface area contributed by atoms with E-state index in [4.69, 9.17) is 0 Å². The first kappa shape index (κ1) is 15.1. The fraction of sp³-hybridized carbons (Fsp3) is 0.667. The lowest BCUT2D eigenvalue weighted by molar-refractivity contribution is 0.182. The zero-order valence-corrected chi connectivity index (χ0v) is 12.0. The highest BCUT2D eigenvalue weighted by molar-refractivity contribution is 5.09. The van der Waals surface area contributed by atoms with Crippen molar-refractivity contribution >= 4 is 0 Å². The van der Waals surface area contributed by atoms with Gasteiger partial charge in [-0.2, -0.15) is 0 Å². The molecule has 102 valence electrons. The maximum absolute atomic E-state index is 4.08. The smallest absolute Gasteiger partial charge is 0.0271 e. The Labute approximate surface area is 112 Å². The third-order valence-electron chi connectivity index (χ3n) is 3.31. The quantitative estimate of drug-likeness (QED) is 0.729. The van der Waals surface area contributed by atoms with Gasteiger partial charge in [0.2, 0.25) is 0 Å². The maximum Gasteiger partial charge on any atom is 0.0271 e. The number of hydrogen-bond acceptors (Lipinski definition) is 3. The van der Waals surface area contributed by atoms with Crippen molar-refractivity contribution in [1.29, 1.82) is 0 Å². The Balaban J connectivity index is 2.60. The van der Waals surface area contributed by atoms with Gasteiger partial charge in [0.15, 0.2) is 0 Å². The topological polar surface area (TPSA) is 28.2 Å². The van der Waals surface area contributed by atoms with Gasteiger partial charge in [-0.25, -0.2) is 0 Å². The van der Waals surface area contributed by atoms with Gasteiger partial charge in [-0.15, -0.1) is 0 Å².